The molecule has 1 aromatic carbocycles. The van der Waals surface area contributed by atoms with Gasteiger partial charge in [0.1, 0.15) is 0 Å². The number of methoxy groups -OCH3 is 1. The number of esters is 1. The number of hydrogen-bond donors (Lipinski definition) is 1. The number of halogens is 3. The standard InChI is InChI=1S/C16H20F3N3O3/c1-3-21-6-8-22(9-7-21)13-5-4-11(10-12(13)14(23)25-2)20-15(24)16(17,18)19/h4-5,10H,3,6-9H2,1-2H3,(H,20,24). The van der Waals surface area contributed by atoms with Crippen molar-refractivity contribution in [2.75, 3.05) is 50.1 Å². The van der Waals surface area contributed by atoms with E-state index in [1.54, 1.807) is 5.32 Å². The van der Waals surface area contributed by atoms with Gasteiger partial charge in [-0.3, -0.25) is 4.79 Å². The third-order valence-corrected chi connectivity index (χ3v) is 4.08. The second-order valence-electron chi connectivity index (χ2n) is 5.60. The highest BCUT2D eigenvalue weighted by atomic mass is 19.4. The van der Waals surface area contributed by atoms with Gasteiger partial charge in [0.2, 0.25) is 0 Å². The maximum atomic E-state index is 12.4. The number of amides is 1. The predicted octanol–water partition coefficient (Wildman–Crippen LogP) is 2.12. The lowest BCUT2D eigenvalue weighted by molar-refractivity contribution is -0.167. The number of hydrogen-bond acceptors (Lipinski definition) is 5. The molecule has 1 saturated heterocycles. The van der Waals surface area contributed by atoms with Crippen LogP contribution in [0.25, 0.3) is 0 Å². The number of carbonyl (C=O) groups excluding carboxylic acids is 2. The molecule has 0 spiro atoms. The topological polar surface area (TPSA) is 61.9 Å². The van der Waals surface area contributed by atoms with Gasteiger partial charge >= 0.3 is 18.1 Å². The van der Waals surface area contributed by atoms with E-state index in [0.29, 0.717) is 18.8 Å². The molecule has 1 aromatic rings. The van der Waals surface area contributed by atoms with E-state index in [1.165, 1.54) is 25.3 Å². The quantitative estimate of drug-likeness (QED) is 0.835. The summed E-state index contributed by atoms with van der Waals surface area (Å²) in [7, 11) is 1.20. The highest BCUT2D eigenvalue weighted by Crippen LogP contribution is 2.27. The molecule has 1 aliphatic rings. The van der Waals surface area contributed by atoms with Gasteiger partial charge in [-0.15, -0.1) is 0 Å². The molecule has 0 saturated carbocycles. The molecule has 0 aromatic heterocycles. The highest BCUT2D eigenvalue weighted by molar-refractivity contribution is 6.00. The average Bonchev–Trinajstić information content (AvgIpc) is 2.60. The van der Waals surface area contributed by atoms with Gasteiger partial charge in [-0.2, -0.15) is 13.2 Å². The molecule has 9 heteroatoms. The van der Waals surface area contributed by atoms with E-state index in [-0.39, 0.29) is 11.3 Å². The number of alkyl halides is 3. The molecule has 25 heavy (non-hydrogen) atoms. The minimum absolute atomic E-state index is 0.112. The third-order valence-electron chi connectivity index (χ3n) is 4.08. The molecule has 1 amide bonds. The van der Waals surface area contributed by atoms with E-state index < -0.39 is 18.1 Å². The minimum Gasteiger partial charge on any atom is -0.465 e. The predicted molar refractivity (Wildman–Crippen MR) is 86.8 cm³/mol. The van der Waals surface area contributed by atoms with Crippen LogP contribution in [0, 0.1) is 0 Å². The lowest BCUT2D eigenvalue weighted by Crippen LogP contribution is -2.46. The summed E-state index contributed by atoms with van der Waals surface area (Å²) in [6.45, 7) is 6.01. The summed E-state index contributed by atoms with van der Waals surface area (Å²) >= 11 is 0. The summed E-state index contributed by atoms with van der Waals surface area (Å²) in [5, 5.41) is 1.75. The molecule has 0 unspecified atom stereocenters. The zero-order chi connectivity index (χ0) is 18.6. The van der Waals surface area contributed by atoms with Crippen LogP contribution in [0.15, 0.2) is 18.2 Å². The van der Waals surface area contributed by atoms with Gasteiger partial charge in [-0.25, -0.2) is 4.79 Å². The molecule has 0 atom stereocenters. The van der Waals surface area contributed by atoms with Gasteiger partial charge in [-0.1, -0.05) is 6.92 Å². The highest BCUT2D eigenvalue weighted by Gasteiger charge is 2.38. The largest absolute Gasteiger partial charge is 0.471 e. The third kappa shape index (κ3) is 4.62. The van der Waals surface area contributed by atoms with E-state index in [1.807, 2.05) is 4.90 Å². The Labute approximate surface area is 143 Å². The van der Waals surface area contributed by atoms with Crippen LogP contribution in [0.1, 0.15) is 17.3 Å². The molecule has 1 N–H and O–H groups in total. The molecule has 1 heterocycles. The SMILES string of the molecule is CCN1CCN(c2ccc(NC(=O)C(F)(F)F)cc2C(=O)OC)CC1. The fourth-order valence-electron chi connectivity index (χ4n) is 2.67. The van der Waals surface area contributed by atoms with Crippen LogP contribution < -0.4 is 10.2 Å². The second kappa shape index (κ2) is 7.73. The molecule has 0 radical (unpaired) electrons. The number of nitrogens with zero attached hydrogens (tertiary/aromatic N) is 2. The number of rotatable bonds is 4. The van der Waals surface area contributed by atoms with E-state index in [2.05, 4.69) is 11.8 Å². The number of likely N-dealkylation sites (N-methyl/N-ethyl adjacent to an activating group) is 1. The van der Waals surface area contributed by atoms with Crippen LogP contribution >= 0.6 is 0 Å². The Morgan fingerprint density at radius 1 is 1.20 bits per heavy atom. The van der Waals surface area contributed by atoms with Crippen LogP contribution in [0.4, 0.5) is 24.5 Å². The minimum atomic E-state index is -5.00. The Morgan fingerprint density at radius 2 is 1.84 bits per heavy atom. The van der Waals surface area contributed by atoms with Crippen molar-refractivity contribution in [2.24, 2.45) is 0 Å². The maximum absolute atomic E-state index is 12.4. The van der Waals surface area contributed by atoms with Crippen molar-refractivity contribution in [3.8, 4) is 0 Å². The van der Waals surface area contributed by atoms with E-state index in [4.69, 9.17) is 4.74 Å². The van der Waals surface area contributed by atoms with Crippen molar-refractivity contribution in [2.45, 2.75) is 13.1 Å². The Morgan fingerprint density at radius 3 is 2.36 bits per heavy atom. The monoisotopic (exact) mass is 359 g/mol. The first-order valence-corrected chi connectivity index (χ1v) is 7.84. The average molecular weight is 359 g/mol. The van der Waals surface area contributed by atoms with Crippen LogP contribution in [0.2, 0.25) is 0 Å². The van der Waals surface area contributed by atoms with Crippen molar-refractivity contribution in [1.82, 2.24) is 4.90 Å². The van der Waals surface area contributed by atoms with Gasteiger partial charge in [0.05, 0.1) is 18.4 Å². The van der Waals surface area contributed by atoms with E-state index in [0.717, 1.165) is 19.6 Å². The van der Waals surface area contributed by atoms with Crippen molar-refractivity contribution >= 4 is 23.3 Å². The second-order valence-corrected chi connectivity index (χ2v) is 5.60. The van der Waals surface area contributed by atoms with Gasteiger partial charge in [0, 0.05) is 31.9 Å². The smallest absolute Gasteiger partial charge is 0.465 e. The van der Waals surface area contributed by atoms with Crippen molar-refractivity contribution in [1.29, 1.82) is 0 Å². The number of benzene rings is 1. The summed E-state index contributed by atoms with van der Waals surface area (Å²) in [4.78, 5) is 27.3. The van der Waals surface area contributed by atoms with Gasteiger partial charge in [0.15, 0.2) is 0 Å². The number of anilines is 2. The Kier molecular flexibility index (Phi) is 5.89. The van der Waals surface area contributed by atoms with Crippen LogP contribution in [-0.4, -0.2) is 62.8 Å². The first-order valence-electron chi connectivity index (χ1n) is 7.84. The first kappa shape index (κ1) is 19.0. The Hall–Kier alpha value is -2.29. The fraction of sp³-hybridized carbons (Fsp3) is 0.500. The molecule has 0 aliphatic carbocycles. The summed E-state index contributed by atoms with van der Waals surface area (Å²) in [5.41, 5.74) is 0.582. The number of ether oxygens (including phenoxy) is 1. The Balaban J connectivity index is 2.26. The zero-order valence-corrected chi connectivity index (χ0v) is 14.0. The van der Waals surface area contributed by atoms with Crippen LogP contribution in [-0.2, 0) is 9.53 Å². The molecule has 2 rings (SSSR count). The molecule has 0 bridgehead atoms. The molecule has 1 aliphatic heterocycles. The normalized spacial score (nSPS) is 15.8. The number of piperazine rings is 1. The summed E-state index contributed by atoms with van der Waals surface area (Å²) in [6.07, 6.45) is -5.00. The summed E-state index contributed by atoms with van der Waals surface area (Å²) < 4.78 is 41.9. The van der Waals surface area contributed by atoms with Crippen molar-refractivity contribution < 1.29 is 27.5 Å². The lowest BCUT2D eigenvalue weighted by Gasteiger charge is -2.36. The lowest BCUT2D eigenvalue weighted by atomic mass is 10.1. The maximum Gasteiger partial charge on any atom is 0.471 e. The summed E-state index contributed by atoms with van der Waals surface area (Å²) in [5.74, 6) is -2.76. The van der Waals surface area contributed by atoms with Crippen molar-refractivity contribution in [3.05, 3.63) is 23.8 Å². The van der Waals surface area contributed by atoms with Gasteiger partial charge in [0.25, 0.3) is 0 Å². The number of carbonyl (C=O) groups is 2. The van der Waals surface area contributed by atoms with Gasteiger partial charge in [-0.05, 0) is 24.7 Å². The van der Waals surface area contributed by atoms with E-state index >= 15 is 0 Å². The van der Waals surface area contributed by atoms with E-state index in [9.17, 15) is 22.8 Å². The Bertz CT molecular complexity index is 641. The molecule has 138 valence electrons. The molecule has 6 nitrogen and oxygen atoms in total. The molecular formula is C16H20F3N3O3. The number of nitrogens with one attached hydrogen (secondary N) is 1. The summed E-state index contributed by atoms with van der Waals surface area (Å²) in [6, 6.07) is 4.08. The molecule has 1 fully saturated rings. The first-order chi connectivity index (χ1) is 11.8. The van der Waals surface area contributed by atoms with Crippen LogP contribution in [0.3, 0.4) is 0 Å². The van der Waals surface area contributed by atoms with Crippen molar-refractivity contribution in [3.63, 3.8) is 0 Å². The fourth-order valence-corrected chi connectivity index (χ4v) is 2.67. The van der Waals surface area contributed by atoms with Gasteiger partial charge < -0.3 is 19.9 Å². The van der Waals surface area contributed by atoms with Crippen LogP contribution in [0.5, 0.6) is 0 Å². The molecular weight excluding hydrogens is 339 g/mol. The zero-order valence-electron chi connectivity index (χ0n) is 14.0.